The van der Waals surface area contributed by atoms with Crippen LogP contribution >= 0.6 is 7.82 Å². The molecule has 0 aliphatic heterocycles. The van der Waals surface area contributed by atoms with Crippen LogP contribution in [0.5, 0.6) is 0 Å². The van der Waals surface area contributed by atoms with Crippen LogP contribution in [-0.2, 0) is 18.1 Å². The fraction of sp³-hybridized carbons (Fsp3) is 1.00. The third-order valence-electron chi connectivity index (χ3n) is 4.67. The summed E-state index contributed by atoms with van der Waals surface area (Å²) in [7, 11) is -7.68. The first kappa shape index (κ1) is 42.4. The molecule has 0 amide bonds. The first-order valence-electron chi connectivity index (χ1n) is 9.73. The highest BCUT2D eigenvalue weighted by Gasteiger charge is 2.78. The first-order valence-corrected chi connectivity index (χ1v) is 11.2. The second-order valence-corrected chi connectivity index (χ2v) is 9.54. The fourth-order valence-corrected chi connectivity index (χ4v) is 3.19. The highest BCUT2D eigenvalue weighted by molar-refractivity contribution is 7.48. The Morgan fingerprint density at radius 1 is 0.386 bits per heavy atom. The SMILES string of the molecule is O=P(OCC(F)(F)C(F)(F)C(F)(F)C(F)F)(OCC(F)(F)C(F)(F)C(F)(F)C(F)F)OCC(F)(F)C(F)(F)C(F)(F)C(F)F. The van der Waals surface area contributed by atoms with E-state index < -0.39 is 100 Å². The van der Waals surface area contributed by atoms with E-state index in [1.54, 1.807) is 0 Å². The third-order valence-corrected chi connectivity index (χ3v) is 6.00. The Morgan fingerprint density at radius 2 is 0.545 bits per heavy atom. The monoisotopic (exact) mass is 740 g/mol. The van der Waals surface area contributed by atoms with Crippen LogP contribution in [0.1, 0.15) is 0 Å². The summed E-state index contributed by atoms with van der Waals surface area (Å²) < 4.78 is 332. The topological polar surface area (TPSA) is 44.8 Å². The average molecular weight is 740 g/mol. The maximum atomic E-state index is 13.6. The lowest BCUT2D eigenvalue weighted by Crippen LogP contribution is -2.60. The predicted octanol–water partition coefficient (Wildman–Crippen LogP) is 8.66. The lowest BCUT2D eigenvalue weighted by atomic mass is 10.1. The van der Waals surface area contributed by atoms with Gasteiger partial charge in [-0.25, -0.2) is 30.9 Å². The Bertz CT molecular complexity index is 888. The summed E-state index contributed by atoms with van der Waals surface area (Å²) in [4.78, 5) is 0. The van der Waals surface area contributed by atoms with Gasteiger partial charge in [-0.3, -0.25) is 13.6 Å². The molecule has 0 N–H and O–H groups in total. The summed E-state index contributed by atoms with van der Waals surface area (Å²) in [6.45, 7) is -12.1. The van der Waals surface area contributed by atoms with Crippen LogP contribution in [0, 0.1) is 0 Å². The van der Waals surface area contributed by atoms with Crippen molar-refractivity contribution in [3.05, 3.63) is 0 Å². The molecule has 0 heterocycles. The molecular weight excluding hydrogens is 731 g/mol. The smallest absolute Gasteiger partial charge is 0.280 e. The number of rotatable bonds is 18. The number of hydrogen-bond acceptors (Lipinski definition) is 4. The zero-order chi connectivity index (χ0) is 36.0. The number of halogens is 24. The largest absolute Gasteiger partial charge is 0.475 e. The summed E-state index contributed by atoms with van der Waals surface area (Å²) in [5.74, 6) is -64.7. The van der Waals surface area contributed by atoms with Crippen LogP contribution in [0.15, 0.2) is 0 Å². The highest BCUT2D eigenvalue weighted by Crippen LogP contribution is 2.58. The van der Waals surface area contributed by atoms with Gasteiger partial charge < -0.3 is 0 Å². The zero-order valence-electron chi connectivity index (χ0n) is 19.5. The van der Waals surface area contributed by atoms with Gasteiger partial charge in [0.1, 0.15) is 19.8 Å². The van der Waals surface area contributed by atoms with E-state index in [1.165, 1.54) is 0 Å². The molecule has 0 aliphatic carbocycles. The van der Waals surface area contributed by atoms with Crippen molar-refractivity contribution in [3.8, 4) is 0 Å². The molecule has 0 aromatic carbocycles. The molecule has 266 valence electrons. The lowest BCUT2D eigenvalue weighted by Gasteiger charge is -2.35. The normalized spacial score (nSPS) is 16.1. The molecule has 0 fully saturated rings. The van der Waals surface area contributed by atoms with Crippen molar-refractivity contribution < 1.29 is 124 Å². The van der Waals surface area contributed by atoms with Crippen LogP contribution in [-0.4, -0.2) is 92.4 Å². The minimum absolute atomic E-state index is 2.81. The summed E-state index contributed by atoms with van der Waals surface area (Å²) in [5.41, 5.74) is 0. The van der Waals surface area contributed by atoms with Crippen molar-refractivity contribution in [2.24, 2.45) is 0 Å². The fourth-order valence-electron chi connectivity index (χ4n) is 2.01. The van der Waals surface area contributed by atoms with Gasteiger partial charge in [0.15, 0.2) is 0 Å². The van der Waals surface area contributed by atoms with E-state index in [0.717, 1.165) is 0 Å². The Balaban J connectivity index is 6.62. The molecule has 29 heteroatoms. The van der Waals surface area contributed by atoms with Crippen molar-refractivity contribution in [2.75, 3.05) is 19.8 Å². The molecule has 0 radical (unpaired) electrons. The molecule has 0 aromatic rings. The van der Waals surface area contributed by atoms with E-state index in [0.29, 0.717) is 0 Å². The number of alkyl halides is 24. The molecular formula is C15H9F24O4P. The van der Waals surface area contributed by atoms with E-state index in [1.807, 2.05) is 0 Å². The number of hydrogen-bond donors (Lipinski definition) is 0. The van der Waals surface area contributed by atoms with E-state index in [9.17, 15) is 110 Å². The van der Waals surface area contributed by atoms with Crippen molar-refractivity contribution >= 4 is 7.82 Å². The molecule has 0 saturated heterocycles. The Morgan fingerprint density at radius 3 is 0.682 bits per heavy atom. The molecule has 0 aromatic heterocycles. The van der Waals surface area contributed by atoms with Crippen LogP contribution in [0.4, 0.5) is 105 Å². The van der Waals surface area contributed by atoms with Gasteiger partial charge in [-0.05, 0) is 0 Å². The van der Waals surface area contributed by atoms with Gasteiger partial charge >= 0.3 is 80.4 Å². The van der Waals surface area contributed by atoms with Gasteiger partial charge in [0.2, 0.25) is 0 Å². The van der Waals surface area contributed by atoms with Crippen molar-refractivity contribution in [2.45, 2.75) is 72.6 Å². The molecule has 0 rings (SSSR count). The van der Waals surface area contributed by atoms with Gasteiger partial charge in [-0.15, -0.1) is 0 Å². The van der Waals surface area contributed by atoms with Gasteiger partial charge in [-0.2, -0.15) is 79.0 Å². The lowest BCUT2D eigenvalue weighted by molar-refractivity contribution is -0.347. The number of phosphoric acid groups is 1. The van der Waals surface area contributed by atoms with Crippen LogP contribution in [0.3, 0.4) is 0 Å². The molecule has 0 bridgehead atoms. The van der Waals surface area contributed by atoms with Gasteiger partial charge in [-0.1, -0.05) is 0 Å². The van der Waals surface area contributed by atoms with Gasteiger partial charge in [0.05, 0.1) is 0 Å². The minimum atomic E-state index is -7.68. The summed E-state index contributed by atoms with van der Waals surface area (Å²) in [5, 5.41) is 0. The molecule has 0 atom stereocenters. The quantitative estimate of drug-likeness (QED) is 0.104. The predicted molar refractivity (Wildman–Crippen MR) is 88.0 cm³/mol. The molecule has 4 nitrogen and oxygen atoms in total. The minimum Gasteiger partial charge on any atom is -0.280 e. The summed E-state index contributed by atoms with van der Waals surface area (Å²) in [6, 6.07) is 0. The van der Waals surface area contributed by atoms with E-state index >= 15 is 0 Å². The maximum Gasteiger partial charge on any atom is 0.475 e. The third kappa shape index (κ3) is 7.52. The van der Waals surface area contributed by atoms with Crippen LogP contribution < -0.4 is 0 Å². The van der Waals surface area contributed by atoms with Gasteiger partial charge in [0.25, 0.3) is 0 Å². The Labute approximate surface area is 225 Å². The average Bonchev–Trinajstić information content (AvgIpc) is 2.84. The zero-order valence-corrected chi connectivity index (χ0v) is 20.4. The standard InChI is InChI=1S/C15H9F24O4P/c16-4(17)10(28,29)13(34,35)7(22,23)1-41-44(40,42-2-8(24,25)14(36,37)11(30,31)5(18)19)43-3-9(26,27)15(38,39)12(32,33)6(20)21/h4-6H,1-3H2. The molecule has 0 aliphatic rings. The molecule has 0 spiro atoms. The van der Waals surface area contributed by atoms with Crippen molar-refractivity contribution in [3.63, 3.8) is 0 Å². The maximum absolute atomic E-state index is 13.6. The van der Waals surface area contributed by atoms with Crippen molar-refractivity contribution in [1.29, 1.82) is 0 Å². The summed E-state index contributed by atoms with van der Waals surface area (Å²) in [6.07, 6.45) is -17.2. The van der Waals surface area contributed by atoms with E-state index in [2.05, 4.69) is 13.6 Å². The van der Waals surface area contributed by atoms with E-state index in [4.69, 9.17) is 0 Å². The second kappa shape index (κ2) is 12.6. The Kier molecular flexibility index (Phi) is 12.1. The highest BCUT2D eigenvalue weighted by atomic mass is 31.2. The molecule has 44 heavy (non-hydrogen) atoms. The summed E-state index contributed by atoms with van der Waals surface area (Å²) >= 11 is 0. The van der Waals surface area contributed by atoms with Crippen LogP contribution in [0.25, 0.3) is 0 Å². The molecule has 0 unspecified atom stereocenters. The van der Waals surface area contributed by atoms with Crippen LogP contribution in [0.2, 0.25) is 0 Å². The Hall–Kier alpha value is -1.57. The number of phosphoric ester groups is 1. The van der Waals surface area contributed by atoms with E-state index in [-0.39, 0.29) is 0 Å². The van der Waals surface area contributed by atoms with Crippen molar-refractivity contribution in [1.82, 2.24) is 0 Å². The first-order chi connectivity index (χ1) is 19.0. The van der Waals surface area contributed by atoms with Gasteiger partial charge in [0, 0.05) is 0 Å². The molecule has 0 saturated carbocycles. The second-order valence-electron chi connectivity index (χ2n) is 7.88.